The lowest BCUT2D eigenvalue weighted by atomic mass is 10.0. The van der Waals surface area contributed by atoms with Gasteiger partial charge in [0.25, 0.3) is 0 Å². The number of rotatable bonds is 7. The highest BCUT2D eigenvalue weighted by Gasteiger charge is 2.19. The Morgan fingerprint density at radius 2 is 2.17 bits per heavy atom. The van der Waals surface area contributed by atoms with E-state index in [2.05, 4.69) is 34.1 Å². The molecule has 0 aromatic heterocycles. The number of aliphatic imine (C=N–C) groups is 1. The molecule has 2 aliphatic rings. The largest absolute Gasteiger partial charge is 0.381 e. The summed E-state index contributed by atoms with van der Waals surface area (Å²) in [4.78, 5) is 9.28. The molecule has 24 heavy (non-hydrogen) atoms. The number of nitrogens with one attached hydrogen (secondary N) is 1. The fraction of sp³-hybridized carbons (Fsp3) is 0.944. The van der Waals surface area contributed by atoms with Gasteiger partial charge in [-0.05, 0) is 51.1 Å². The number of likely N-dealkylation sites (tertiary alicyclic amines) is 1. The number of unbranched alkanes of at least 4 members (excludes halogenated alkanes) is 1. The van der Waals surface area contributed by atoms with Gasteiger partial charge >= 0.3 is 0 Å². The van der Waals surface area contributed by atoms with Gasteiger partial charge in [-0.1, -0.05) is 6.92 Å². The Labute approximate surface area is 165 Å². The number of nitrogens with zero attached hydrogens (tertiary/aromatic N) is 3. The number of hydrogen-bond acceptors (Lipinski definition) is 3. The Hall–Kier alpha value is -0.0800. The molecule has 2 saturated heterocycles. The normalized spacial score (nSPS) is 25.4. The zero-order chi connectivity index (χ0) is 16.5. The summed E-state index contributed by atoms with van der Waals surface area (Å²) < 4.78 is 5.46. The Morgan fingerprint density at radius 3 is 2.83 bits per heavy atom. The van der Waals surface area contributed by atoms with Gasteiger partial charge in [-0.15, -0.1) is 24.0 Å². The smallest absolute Gasteiger partial charge is 0.193 e. The summed E-state index contributed by atoms with van der Waals surface area (Å²) in [6.45, 7) is 10.1. The molecule has 0 radical (unpaired) electrons. The van der Waals surface area contributed by atoms with Crippen LogP contribution >= 0.6 is 24.0 Å². The van der Waals surface area contributed by atoms with E-state index < -0.39 is 0 Å². The predicted octanol–water partition coefficient (Wildman–Crippen LogP) is 2.66. The Morgan fingerprint density at radius 1 is 1.33 bits per heavy atom. The van der Waals surface area contributed by atoms with Crippen molar-refractivity contribution in [1.29, 1.82) is 0 Å². The number of guanidine groups is 1. The molecule has 0 aliphatic carbocycles. The van der Waals surface area contributed by atoms with E-state index in [1.165, 1.54) is 51.7 Å². The fourth-order valence-electron chi connectivity index (χ4n) is 3.74. The molecule has 2 atom stereocenters. The van der Waals surface area contributed by atoms with E-state index >= 15 is 0 Å². The van der Waals surface area contributed by atoms with Crippen molar-refractivity contribution in [2.45, 2.75) is 39.0 Å². The van der Waals surface area contributed by atoms with E-state index in [9.17, 15) is 0 Å². The third-order valence-corrected chi connectivity index (χ3v) is 5.05. The van der Waals surface area contributed by atoms with Crippen LogP contribution in [0, 0.1) is 11.8 Å². The van der Waals surface area contributed by atoms with Gasteiger partial charge in [0.2, 0.25) is 0 Å². The first-order chi connectivity index (χ1) is 11.2. The van der Waals surface area contributed by atoms with Gasteiger partial charge in [0.1, 0.15) is 0 Å². The zero-order valence-electron chi connectivity index (χ0n) is 15.8. The van der Waals surface area contributed by atoms with Crippen molar-refractivity contribution in [2.24, 2.45) is 16.8 Å². The number of halogens is 1. The number of hydrogen-bond donors (Lipinski definition) is 1. The van der Waals surface area contributed by atoms with E-state index in [1.807, 2.05) is 7.05 Å². The average molecular weight is 452 g/mol. The Balaban J connectivity index is 0.00000288. The quantitative estimate of drug-likeness (QED) is 0.279. The summed E-state index contributed by atoms with van der Waals surface area (Å²) in [6, 6.07) is 0. The van der Waals surface area contributed by atoms with Crippen LogP contribution in [-0.4, -0.2) is 75.8 Å². The molecule has 1 N–H and O–H groups in total. The molecule has 0 bridgehead atoms. The molecule has 5 nitrogen and oxygen atoms in total. The maximum atomic E-state index is 5.46. The van der Waals surface area contributed by atoms with E-state index in [4.69, 9.17) is 4.74 Å². The third-order valence-electron chi connectivity index (χ3n) is 5.05. The van der Waals surface area contributed by atoms with Crippen molar-refractivity contribution in [3.63, 3.8) is 0 Å². The highest BCUT2D eigenvalue weighted by atomic mass is 127. The van der Waals surface area contributed by atoms with E-state index in [-0.39, 0.29) is 24.0 Å². The lowest BCUT2D eigenvalue weighted by molar-refractivity contribution is 0.180. The second-order valence-electron chi connectivity index (χ2n) is 7.34. The Kier molecular flexibility index (Phi) is 11.3. The number of piperidine rings is 1. The van der Waals surface area contributed by atoms with Gasteiger partial charge in [0, 0.05) is 46.3 Å². The number of ether oxygens (including phenoxy) is 1. The molecule has 0 aromatic carbocycles. The highest BCUT2D eigenvalue weighted by molar-refractivity contribution is 14.0. The molecule has 2 fully saturated rings. The third kappa shape index (κ3) is 7.87. The Bertz CT molecular complexity index is 361. The maximum Gasteiger partial charge on any atom is 0.193 e. The topological polar surface area (TPSA) is 40.1 Å². The molecular weight excluding hydrogens is 415 g/mol. The van der Waals surface area contributed by atoms with Crippen LogP contribution in [0.25, 0.3) is 0 Å². The van der Waals surface area contributed by atoms with Crippen molar-refractivity contribution in [3.05, 3.63) is 0 Å². The molecule has 0 amide bonds. The van der Waals surface area contributed by atoms with Gasteiger partial charge < -0.3 is 19.9 Å². The molecular formula is C18H37IN4O. The second kappa shape index (κ2) is 12.3. The van der Waals surface area contributed by atoms with Crippen LogP contribution in [0.4, 0.5) is 0 Å². The fourth-order valence-corrected chi connectivity index (χ4v) is 3.74. The summed E-state index contributed by atoms with van der Waals surface area (Å²) in [6.07, 6.45) is 6.45. The summed E-state index contributed by atoms with van der Waals surface area (Å²) in [5, 5.41) is 3.51. The minimum absolute atomic E-state index is 0. The van der Waals surface area contributed by atoms with Gasteiger partial charge in [-0.3, -0.25) is 4.99 Å². The summed E-state index contributed by atoms with van der Waals surface area (Å²) in [5.74, 6) is 2.55. The summed E-state index contributed by atoms with van der Waals surface area (Å²) in [7, 11) is 4.00. The van der Waals surface area contributed by atoms with Crippen LogP contribution in [-0.2, 0) is 4.74 Å². The average Bonchev–Trinajstić information content (AvgIpc) is 3.03. The first-order valence-corrected chi connectivity index (χ1v) is 9.41. The van der Waals surface area contributed by atoms with Gasteiger partial charge in [0.15, 0.2) is 5.96 Å². The lowest BCUT2D eigenvalue weighted by Crippen LogP contribution is -2.42. The molecule has 2 rings (SSSR count). The molecule has 2 unspecified atom stereocenters. The van der Waals surface area contributed by atoms with E-state index in [0.717, 1.165) is 38.2 Å². The van der Waals surface area contributed by atoms with E-state index in [1.54, 1.807) is 0 Å². The minimum atomic E-state index is 0. The molecule has 0 saturated carbocycles. The first-order valence-electron chi connectivity index (χ1n) is 9.41. The predicted molar refractivity (Wildman–Crippen MR) is 112 cm³/mol. The summed E-state index contributed by atoms with van der Waals surface area (Å²) in [5.41, 5.74) is 0. The van der Waals surface area contributed by atoms with E-state index in [0.29, 0.717) is 5.92 Å². The van der Waals surface area contributed by atoms with Crippen molar-refractivity contribution in [1.82, 2.24) is 15.1 Å². The molecule has 2 heterocycles. The van der Waals surface area contributed by atoms with Crippen molar-refractivity contribution in [3.8, 4) is 0 Å². The SMILES string of the molecule is CN=C(NCCCCN1CCCC(C)C1)N(C)CC1CCOC1.I. The first kappa shape index (κ1) is 22.0. The molecule has 0 spiro atoms. The van der Waals surface area contributed by atoms with Crippen LogP contribution in [0.15, 0.2) is 4.99 Å². The summed E-state index contributed by atoms with van der Waals surface area (Å²) >= 11 is 0. The molecule has 2 aliphatic heterocycles. The van der Waals surface area contributed by atoms with Crippen molar-refractivity contribution < 1.29 is 4.74 Å². The highest BCUT2D eigenvalue weighted by Crippen LogP contribution is 2.15. The van der Waals surface area contributed by atoms with Crippen LogP contribution in [0.1, 0.15) is 39.0 Å². The van der Waals surface area contributed by atoms with Gasteiger partial charge in [-0.25, -0.2) is 0 Å². The van der Waals surface area contributed by atoms with Crippen molar-refractivity contribution in [2.75, 3.05) is 60.0 Å². The molecule has 6 heteroatoms. The van der Waals surface area contributed by atoms with Crippen LogP contribution in [0.5, 0.6) is 0 Å². The van der Waals surface area contributed by atoms with Crippen molar-refractivity contribution >= 4 is 29.9 Å². The van der Waals surface area contributed by atoms with Crippen LogP contribution < -0.4 is 5.32 Å². The van der Waals surface area contributed by atoms with Gasteiger partial charge in [0.05, 0.1) is 6.61 Å². The molecule has 142 valence electrons. The van der Waals surface area contributed by atoms with Crippen LogP contribution in [0.3, 0.4) is 0 Å². The lowest BCUT2D eigenvalue weighted by Gasteiger charge is -2.30. The standard InChI is InChI=1S/C18H36N4O.HI/c1-16-7-6-11-22(13-16)10-5-4-9-20-18(19-2)21(3)14-17-8-12-23-15-17;/h16-17H,4-15H2,1-3H3,(H,19,20);1H. The molecule has 0 aromatic rings. The second-order valence-corrected chi connectivity index (χ2v) is 7.34. The maximum absolute atomic E-state index is 5.46. The van der Waals surface area contributed by atoms with Crippen LogP contribution in [0.2, 0.25) is 0 Å². The van der Waals surface area contributed by atoms with Gasteiger partial charge in [-0.2, -0.15) is 0 Å². The zero-order valence-corrected chi connectivity index (χ0v) is 18.1. The monoisotopic (exact) mass is 452 g/mol. The minimum Gasteiger partial charge on any atom is -0.381 e.